The minimum atomic E-state index is -0.449. The molecule has 3 rings (SSSR count). The lowest BCUT2D eigenvalue weighted by molar-refractivity contribution is -0.143. The van der Waals surface area contributed by atoms with Crippen LogP contribution in [-0.4, -0.2) is 25.6 Å². The van der Waals surface area contributed by atoms with E-state index in [4.69, 9.17) is 10.5 Å². The molecule has 0 aromatic heterocycles. The number of rotatable bonds is 8. The molecule has 5 heteroatoms. The normalized spacial score (nSPS) is 15.3. The number of ether oxygens (including phenoxy) is 2. The van der Waals surface area contributed by atoms with Gasteiger partial charge in [-0.2, -0.15) is 0 Å². The van der Waals surface area contributed by atoms with Crippen molar-refractivity contribution in [3.63, 3.8) is 0 Å². The first kappa shape index (κ1) is 19.7. The van der Waals surface area contributed by atoms with Crippen molar-refractivity contribution >= 4 is 17.4 Å². The van der Waals surface area contributed by atoms with Crippen molar-refractivity contribution in [3.8, 4) is 5.75 Å². The van der Waals surface area contributed by atoms with Crippen LogP contribution in [-0.2, 0) is 20.7 Å². The molecule has 0 aliphatic heterocycles. The Morgan fingerprint density at radius 2 is 1.82 bits per heavy atom. The van der Waals surface area contributed by atoms with E-state index in [-0.39, 0.29) is 24.9 Å². The van der Waals surface area contributed by atoms with E-state index < -0.39 is 5.97 Å². The fourth-order valence-electron chi connectivity index (χ4n) is 3.94. The number of carbonyl (C=O) groups is 2. The summed E-state index contributed by atoms with van der Waals surface area (Å²) >= 11 is 0. The first-order valence-corrected chi connectivity index (χ1v) is 9.42. The van der Waals surface area contributed by atoms with Crippen LogP contribution in [0.15, 0.2) is 54.1 Å². The maximum Gasteiger partial charge on any atom is 0.343 e. The Bertz CT molecular complexity index is 902. The van der Waals surface area contributed by atoms with Crippen molar-refractivity contribution < 1.29 is 19.1 Å². The van der Waals surface area contributed by atoms with Gasteiger partial charge in [0.25, 0.3) is 0 Å². The number of primary amides is 1. The summed E-state index contributed by atoms with van der Waals surface area (Å²) in [6.45, 7) is 1.92. The molecule has 0 spiro atoms. The van der Waals surface area contributed by atoms with Crippen molar-refractivity contribution in [1.82, 2.24) is 0 Å². The van der Waals surface area contributed by atoms with E-state index in [1.54, 1.807) is 0 Å². The smallest absolute Gasteiger partial charge is 0.343 e. The van der Waals surface area contributed by atoms with Gasteiger partial charge >= 0.3 is 5.97 Å². The summed E-state index contributed by atoms with van der Waals surface area (Å²) in [5.41, 5.74) is 11.2. The van der Waals surface area contributed by atoms with Crippen LogP contribution < -0.4 is 10.5 Å². The Kier molecular flexibility index (Phi) is 6.14. The van der Waals surface area contributed by atoms with Crippen molar-refractivity contribution in [3.05, 3.63) is 70.8 Å². The minimum Gasteiger partial charge on any atom is -0.482 e. The highest BCUT2D eigenvalue weighted by Crippen LogP contribution is 2.49. The van der Waals surface area contributed by atoms with Gasteiger partial charge in [0.1, 0.15) is 5.75 Å². The highest BCUT2D eigenvalue weighted by Gasteiger charge is 2.34. The van der Waals surface area contributed by atoms with Crippen LogP contribution in [0.25, 0.3) is 5.57 Å². The summed E-state index contributed by atoms with van der Waals surface area (Å²) in [7, 11) is 1.33. The molecule has 5 nitrogen and oxygen atoms in total. The van der Waals surface area contributed by atoms with Crippen LogP contribution >= 0.6 is 0 Å². The Hall–Kier alpha value is -3.08. The van der Waals surface area contributed by atoms with Gasteiger partial charge in [0.15, 0.2) is 6.61 Å². The molecule has 1 unspecified atom stereocenters. The number of esters is 1. The Labute approximate surface area is 165 Å². The predicted octanol–water partition coefficient (Wildman–Crippen LogP) is 3.62. The predicted molar refractivity (Wildman–Crippen MR) is 108 cm³/mol. The molecule has 1 aliphatic rings. The van der Waals surface area contributed by atoms with Crippen molar-refractivity contribution in [2.45, 2.75) is 32.1 Å². The Balaban J connectivity index is 2.05. The Morgan fingerprint density at radius 1 is 1.07 bits per heavy atom. The van der Waals surface area contributed by atoms with Crippen LogP contribution in [0.5, 0.6) is 5.75 Å². The van der Waals surface area contributed by atoms with Gasteiger partial charge in [0, 0.05) is 17.9 Å². The fourth-order valence-corrected chi connectivity index (χ4v) is 3.94. The van der Waals surface area contributed by atoms with Gasteiger partial charge < -0.3 is 15.2 Å². The van der Waals surface area contributed by atoms with Crippen molar-refractivity contribution in [2.75, 3.05) is 13.7 Å². The molecule has 0 bridgehead atoms. The maximum absolute atomic E-state index is 11.8. The first-order valence-electron chi connectivity index (χ1n) is 9.42. The second-order valence-corrected chi connectivity index (χ2v) is 6.82. The molecule has 1 atom stereocenters. The number of allylic oxidation sites excluding steroid dienone is 2. The lowest BCUT2D eigenvalue weighted by Crippen LogP contribution is -2.17. The second-order valence-electron chi connectivity index (χ2n) is 6.82. The summed E-state index contributed by atoms with van der Waals surface area (Å²) < 4.78 is 10.4. The summed E-state index contributed by atoms with van der Waals surface area (Å²) in [6, 6.07) is 16.0. The third-order valence-electron chi connectivity index (χ3n) is 5.13. The van der Waals surface area contributed by atoms with Crippen LogP contribution in [0.2, 0.25) is 0 Å². The molecule has 0 radical (unpaired) electrons. The molecule has 0 saturated heterocycles. The number of methoxy groups -OCH3 is 1. The molecule has 1 aliphatic carbocycles. The minimum absolute atomic E-state index is 0.134. The van der Waals surface area contributed by atoms with Crippen molar-refractivity contribution in [1.29, 1.82) is 0 Å². The second kappa shape index (κ2) is 8.74. The quantitative estimate of drug-likeness (QED) is 0.711. The molecule has 146 valence electrons. The number of hydrogen-bond donors (Lipinski definition) is 1. The molecule has 0 saturated carbocycles. The number of amides is 1. The lowest BCUT2D eigenvalue weighted by Gasteiger charge is -2.18. The monoisotopic (exact) mass is 379 g/mol. The summed E-state index contributed by atoms with van der Waals surface area (Å²) in [4.78, 5) is 23.3. The van der Waals surface area contributed by atoms with Crippen molar-refractivity contribution in [2.24, 2.45) is 5.73 Å². The molecule has 28 heavy (non-hydrogen) atoms. The van der Waals surface area contributed by atoms with Crippen LogP contribution in [0, 0.1) is 0 Å². The number of nitrogens with two attached hydrogens (primary N) is 1. The van der Waals surface area contributed by atoms with Gasteiger partial charge in [-0.05, 0) is 35.6 Å². The average Bonchev–Trinajstić information content (AvgIpc) is 2.99. The number of fused-ring (bicyclic) bond motifs is 1. The fraction of sp³-hybridized carbons (Fsp3) is 0.304. The molecular weight excluding hydrogens is 354 g/mol. The van der Waals surface area contributed by atoms with E-state index in [0.717, 1.165) is 24.0 Å². The van der Waals surface area contributed by atoms with Gasteiger partial charge in [-0.25, -0.2) is 4.79 Å². The third-order valence-corrected chi connectivity index (χ3v) is 5.13. The van der Waals surface area contributed by atoms with E-state index in [1.165, 1.54) is 23.8 Å². The lowest BCUT2D eigenvalue weighted by atomic mass is 9.90. The molecule has 2 aromatic carbocycles. The zero-order chi connectivity index (χ0) is 20.1. The Morgan fingerprint density at radius 3 is 2.46 bits per heavy atom. The maximum atomic E-state index is 11.8. The van der Waals surface area contributed by atoms with Crippen LogP contribution in [0.4, 0.5) is 0 Å². The largest absolute Gasteiger partial charge is 0.482 e. The number of hydrogen-bond acceptors (Lipinski definition) is 4. The average molecular weight is 379 g/mol. The molecule has 2 N–H and O–H groups in total. The molecule has 1 amide bonds. The van der Waals surface area contributed by atoms with E-state index in [9.17, 15) is 9.59 Å². The zero-order valence-corrected chi connectivity index (χ0v) is 16.2. The number of carbonyl (C=O) groups excluding carboxylic acids is 2. The zero-order valence-electron chi connectivity index (χ0n) is 16.2. The standard InChI is InChI=1S/C23H25NO4/c1-3-16-18(12-15-8-5-4-6-9-15)17-10-7-11-20(28-14-22(26)27-2)23(17)19(16)13-21(24)25/h4-11,19H,3,12-14H2,1-2H3,(H2,24,25). The highest BCUT2D eigenvalue weighted by atomic mass is 16.6. The molecule has 0 heterocycles. The molecular formula is C23H25NO4. The summed E-state index contributed by atoms with van der Waals surface area (Å²) in [5, 5.41) is 0. The van der Waals surface area contributed by atoms with E-state index in [2.05, 4.69) is 29.9 Å². The molecule has 0 fully saturated rings. The van der Waals surface area contributed by atoms with Gasteiger partial charge in [-0.15, -0.1) is 0 Å². The van der Waals surface area contributed by atoms with Gasteiger partial charge in [0.05, 0.1) is 7.11 Å². The van der Waals surface area contributed by atoms with Crippen LogP contribution in [0.1, 0.15) is 42.4 Å². The molecule has 2 aromatic rings. The van der Waals surface area contributed by atoms with Gasteiger partial charge in [-0.3, -0.25) is 4.79 Å². The highest BCUT2D eigenvalue weighted by molar-refractivity contribution is 5.85. The summed E-state index contributed by atoms with van der Waals surface area (Å²) in [6.07, 6.45) is 1.80. The SMILES string of the molecule is CCC1=C(Cc2ccccc2)c2cccc(OCC(=O)OC)c2C1CC(N)=O. The van der Waals surface area contributed by atoms with Crippen LogP contribution in [0.3, 0.4) is 0 Å². The van der Waals surface area contributed by atoms with Gasteiger partial charge in [0.2, 0.25) is 5.91 Å². The van der Waals surface area contributed by atoms with E-state index in [1.807, 2.05) is 30.3 Å². The topological polar surface area (TPSA) is 78.6 Å². The third kappa shape index (κ3) is 4.09. The summed E-state index contributed by atoms with van der Waals surface area (Å²) in [5.74, 6) is -0.339. The van der Waals surface area contributed by atoms with E-state index >= 15 is 0 Å². The van der Waals surface area contributed by atoms with Gasteiger partial charge in [-0.1, -0.05) is 55.0 Å². The first-order chi connectivity index (χ1) is 13.5. The number of benzene rings is 2. The van der Waals surface area contributed by atoms with E-state index in [0.29, 0.717) is 5.75 Å².